The number of amides is 1. The number of nitrogens with zero attached hydrogens (tertiary/aromatic N) is 3. The molecule has 0 spiro atoms. The smallest absolute Gasteiger partial charge is 0.270 e. The Morgan fingerprint density at radius 3 is 2.47 bits per heavy atom. The van der Waals surface area contributed by atoms with Gasteiger partial charge in [0.05, 0.1) is 6.54 Å². The fraction of sp³-hybridized carbons (Fsp3) is 0.467. The molecule has 0 saturated carbocycles. The van der Waals surface area contributed by atoms with Gasteiger partial charge < -0.3 is 19.7 Å². The van der Waals surface area contributed by atoms with Gasteiger partial charge in [0, 0.05) is 31.6 Å². The van der Waals surface area contributed by atoms with E-state index in [-0.39, 0.29) is 18.1 Å². The Bertz CT molecular complexity index is 1230. The van der Waals surface area contributed by atoms with Gasteiger partial charge in [-0.05, 0) is 60.2 Å². The van der Waals surface area contributed by atoms with Crippen LogP contribution in [0, 0.1) is 0 Å². The van der Waals surface area contributed by atoms with Gasteiger partial charge in [0.15, 0.2) is 11.5 Å². The molecule has 0 atom stereocenters. The number of carbonyl (C=O) groups is 1. The van der Waals surface area contributed by atoms with Gasteiger partial charge in [0.2, 0.25) is 6.79 Å². The highest BCUT2D eigenvalue weighted by Crippen LogP contribution is 2.33. The van der Waals surface area contributed by atoms with E-state index in [1.165, 1.54) is 24.0 Å². The summed E-state index contributed by atoms with van der Waals surface area (Å²) in [7, 11) is 0. The van der Waals surface area contributed by atoms with Crippen molar-refractivity contribution in [2.24, 2.45) is 0 Å². The predicted octanol–water partition coefficient (Wildman–Crippen LogP) is 5.20. The molecule has 1 amide bonds. The minimum atomic E-state index is -0.0909. The molecule has 8 heteroatoms. The summed E-state index contributed by atoms with van der Waals surface area (Å²) in [5.41, 5.74) is 4.34. The molecule has 2 aliphatic rings. The van der Waals surface area contributed by atoms with Gasteiger partial charge in [-0.1, -0.05) is 51.1 Å². The van der Waals surface area contributed by atoms with E-state index in [1.54, 1.807) is 11.3 Å². The third-order valence-corrected chi connectivity index (χ3v) is 7.96. The number of hydrogen-bond acceptors (Lipinski definition) is 7. The number of fused-ring (bicyclic) bond motifs is 1. The SMILES string of the molecule is CC(C)(C)c1ccc(CN(Cc2ccc3c(c2)OCO3)Cc2nc(C(=O)NCCN3CCCC3)cs2)cc1. The standard InChI is InChI=1S/C30H38N4O3S/c1-30(2,3)24-9-6-22(7-10-24)17-34(18-23-8-11-26-27(16-23)37-21-36-26)19-28-32-25(20-38-28)29(35)31-12-15-33-13-4-5-14-33/h6-11,16,20H,4-5,12-15,17-19,21H2,1-3H3,(H,31,35). The van der Waals surface area contributed by atoms with Crippen molar-refractivity contribution < 1.29 is 14.3 Å². The number of benzene rings is 2. The number of ether oxygens (including phenoxy) is 2. The van der Waals surface area contributed by atoms with Crippen LogP contribution >= 0.6 is 11.3 Å². The number of likely N-dealkylation sites (tertiary alicyclic amines) is 1. The third kappa shape index (κ3) is 6.92. The van der Waals surface area contributed by atoms with Crippen LogP contribution in [-0.4, -0.2) is 53.7 Å². The lowest BCUT2D eigenvalue weighted by Crippen LogP contribution is -2.33. The van der Waals surface area contributed by atoms with Crippen LogP contribution in [0.1, 0.15) is 65.8 Å². The van der Waals surface area contributed by atoms with Gasteiger partial charge in [-0.15, -0.1) is 11.3 Å². The van der Waals surface area contributed by atoms with Crippen molar-refractivity contribution in [3.05, 3.63) is 75.2 Å². The summed E-state index contributed by atoms with van der Waals surface area (Å²) in [5, 5.41) is 5.84. The molecule has 1 N–H and O–H groups in total. The molecule has 38 heavy (non-hydrogen) atoms. The summed E-state index contributed by atoms with van der Waals surface area (Å²) in [6, 6.07) is 15.0. The first-order valence-electron chi connectivity index (χ1n) is 13.5. The molecule has 5 rings (SSSR count). The van der Waals surface area contributed by atoms with E-state index in [0.717, 1.165) is 54.8 Å². The van der Waals surface area contributed by atoms with Crippen molar-refractivity contribution in [1.29, 1.82) is 0 Å². The third-order valence-electron chi connectivity index (χ3n) is 7.12. The van der Waals surface area contributed by atoms with E-state index in [2.05, 4.69) is 72.3 Å². The molecule has 2 aliphatic heterocycles. The molecule has 3 aromatic rings. The second kappa shape index (κ2) is 11.8. The van der Waals surface area contributed by atoms with Crippen molar-refractivity contribution in [3.8, 4) is 11.5 Å². The predicted molar refractivity (Wildman–Crippen MR) is 151 cm³/mol. The van der Waals surface area contributed by atoms with Crippen LogP contribution < -0.4 is 14.8 Å². The van der Waals surface area contributed by atoms with Gasteiger partial charge in [-0.25, -0.2) is 4.98 Å². The molecule has 7 nitrogen and oxygen atoms in total. The van der Waals surface area contributed by atoms with E-state index in [9.17, 15) is 4.79 Å². The van der Waals surface area contributed by atoms with Crippen LogP contribution in [-0.2, 0) is 25.0 Å². The van der Waals surface area contributed by atoms with E-state index >= 15 is 0 Å². The van der Waals surface area contributed by atoms with Crippen molar-refractivity contribution in [2.45, 2.75) is 58.7 Å². The lowest BCUT2D eigenvalue weighted by Gasteiger charge is -2.23. The summed E-state index contributed by atoms with van der Waals surface area (Å²) in [6.07, 6.45) is 2.51. The zero-order valence-corrected chi connectivity index (χ0v) is 23.5. The molecular weight excluding hydrogens is 496 g/mol. The van der Waals surface area contributed by atoms with Crippen molar-refractivity contribution in [3.63, 3.8) is 0 Å². The highest BCUT2D eigenvalue weighted by Gasteiger charge is 2.19. The van der Waals surface area contributed by atoms with Gasteiger partial charge in [-0.2, -0.15) is 0 Å². The van der Waals surface area contributed by atoms with Gasteiger partial charge in [0.25, 0.3) is 5.91 Å². The fourth-order valence-electron chi connectivity index (χ4n) is 4.94. The molecule has 1 fully saturated rings. The van der Waals surface area contributed by atoms with Crippen LogP contribution in [0.2, 0.25) is 0 Å². The second-order valence-electron chi connectivity index (χ2n) is 11.2. The number of carbonyl (C=O) groups excluding carboxylic acids is 1. The lowest BCUT2D eigenvalue weighted by atomic mass is 9.87. The Morgan fingerprint density at radius 1 is 1.00 bits per heavy atom. The van der Waals surface area contributed by atoms with Crippen LogP contribution in [0.3, 0.4) is 0 Å². The number of aromatic nitrogens is 1. The Balaban J connectivity index is 1.25. The van der Waals surface area contributed by atoms with Gasteiger partial charge >= 0.3 is 0 Å². The topological polar surface area (TPSA) is 66.9 Å². The number of rotatable bonds is 10. The zero-order valence-electron chi connectivity index (χ0n) is 22.7. The minimum Gasteiger partial charge on any atom is -0.454 e. The first kappa shape index (κ1) is 26.7. The maximum Gasteiger partial charge on any atom is 0.270 e. The molecule has 0 aliphatic carbocycles. The van der Waals surface area contributed by atoms with Crippen LogP contribution in [0.15, 0.2) is 47.8 Å². The van der Waals surface area contributed by atoms with E-state index in [0.29, 0.717) is 18.8 Å². The van der Waals surface area contributed by atoms with E-state index in [4.69, 9.17) is 14.5 Å². The Labute approximate surface area is 229 Å². The molecule has 0 unspecified atom stereocenters. The zero-order chi connectivity index (χ0) is 26.5. The monoisotopic (exact) mass is 534 g/mol. The first-order valence-corrected chi connectivity index (χ1v) is 14.4. The molecule has 0 bridgehead atoms. The molecular formula is C30H38N4O3S. The van der Waals surface area contributed by atoms with Crippen molar-refractivity contribution in [2.75, 3.05) is 33.0 Å². The number of hydrogen-bond donors (Lipinski definition) is 1. The summed E-state index contributed by atoms with van der Waals surface area (Å²) in [6.45, 7) is 13.0. The first-order chi connectivity index (χ1) is 18.3. The summed E-state index contributed by atoms with van der Waals surface area (Å²) < 4.78 is 11.1. The van der Waals surface area contributed by atoms with Crippen LogP contribution in [0.25, 0.3) is 0 Å². The highest BCUT2D eigenvalue weighted by atomic mass is 32.1. The van der Waals surface area contributed by atoms with E-state index in [1.807, 2.05) is 11.4 Å². The van der Waals surface area contributed by atoms with E-state index < -0.39 is 0 Å². The lowest BCUT2D eigenvalue weighted by molar-refractivity contribution is 0.0945. The van der Waals surface area contributed by atoms with Crippen LogP contribution in [0.4, 0.5) is 0 Å². The largest absolute Gasteiger partial charge is 0.454 e. The maximum atomic E-state index is 12.7. The maximum absolute atomic E-state index is 12.7. The fourth-order valence-corrected chi connectivity index (χ4v) is 5.75. The number of nitrogens with one attached hydrogen (secondary N) is 1. The van der Waals surface area contributed by atoms with Gasteiger partial charge in [-0.3, -0.25) is 9.69 Å². The average Bonchev–Trinajstić information content (AvgIpc) is 3.66. The van der Waals surface area contributed by atoms with Crippen molar-refractivity contribution >= 4 is 17.2 Å². The average molecular weight is 535 g/mol. The Morgan fingerprint density at radius 2 is 1.71 bits per heavy atom. The quantitative estimate of drug-likeness (QED) is 0.386. The van der Waals surface area contributed by atoms with Gasteiger partial charge in [0.1, 0.15) is 10.7 Å². The normalized spacial score (nSPS) is 15.4. The Hall–Kier alpha value is -2.94. The van der Waals surface area contributed by atoms with Crippen molar-refractivity contribution in [1.82, 2.24) is 20.1 Å². The second-order valence-corrected chi connectivity index (χ2v) is 12.2. The minimum absolute atomic E-state index is 0.0909. The summed E-state index contributed by atoms with van der Waals surface area (Å²) >= 11 is 1.54. The summed E-state index contributed by atoms with van der Waals surface area (Å²) in [4.78, 5) is 22.1. The molecule has 0 radical (unpaired) electrons. The molecule has 1 saturated heterocycles. The summed E-state index contributed by atoms with van der Waals surface area (Å²) in [5.74, 6) is 1.49. The Kier molecular flexibility index (Phi) is 8.31. The molecule has 2 aromatic carbocycles. The molecule has 1 aromatic heterocycles. The van der Waals surface area contributed by atoms with Crippen LogP contribution in [0.5, 0.6) is 11.5 Å². The molecule has 3 heterocycles. The highest BCUT2D eigenvalue weighted by molar-refractivity contribution is 7.09. The number of thiazole rings is 1. The molecule has 202 valence electrons.